The average molecular weight is 309 g/mol. The van der Waals surface area contributed by atoms with Crippen molar-refractivity contribution >= 4 is 5.57 Å². The van der Waals surface area contributed by atoms with Gasteiger partial charge in [0.05, 0.1) is 0 Å². The molecule has 2 aliphatic rings. The first kappa shape index (κ1) is 16.6. The molecule has 0 aliphatic heterocycles. The van der Waals surface area contributed by atoms with Crippen LogP contribution in [0.4, 0.5) is 0 Å². The summed E-state index contributed by atoms with van der Waals surface area (Å²) in [4.78, 5) is 0. The summed E-state index contributed by atoms with van der Waals surface area (Å²) in [6.07, 6.45) is 7.59. The van der Waals surface area contributed by atoms with E-state index in [0.29, 0.717) is 0 Å². The number of hydrogen-bond donors (Lipinski definition) is 0. The van der Waals surface area contributed by atoms with Crippen LogP contribution in [0, 0.1) is 35.5 Å². The summed E-state index contributed by atoms with van der Waals surface area (Å²) in [5.41, 5.74) is 4.45. The molecule has 0 radical (unpaired) electrons. The van der Waals surface area contributed by atoms with Crippen molar-refractivity contribution in [2.45, 2.75) is 47.5 Å². The number of benzene rings is 1. The lowest BCUT2D eigenvalue weighted by Gasteiger charge is -2.36. The molecule has 0 N–H and O–H groups in total. The lowest BCUT2D eigenvalue weighted by Crippen LogP contribution is -2.29. The van der Waals surface area contributed by atoms with Crippen LogP contribution in [0.1, 0.15) is 53.0 Å². The molecule has 0 saturated heterocycles. The summed E-state index contributed by atoms with van der Waals surface area (Å²) in [6.45, 7) is 12.0. The number of fused-ring (bicyclic) bond motifs is 1. The Kier molecular flexibility index (Phi) is 4.80. The molecule has 124 valence electrons. The largest absolute Gasteiger partial charge is 0.0813 e. The van der Waals surface area contributed by atoms with E-state index in [1.165, 1.54) is 24.0 Å². The van der Waals surface area contributed by atoms with Crippen LogP contribution in [0.15, 0.2) is 48.1 Å². The van der Waals surface area contributed by atoms with Gasteiger partial charge in [0.1, 0.15) is 0 Å². The summed E-state index contributed by atoms with van der Waals surface area (Å²) in [6, 6.07) is 10.8. The fourth-order valence-electron chi connectivity index (χ4n) is 5.47. The molecule has 0 heteroatoms. The molecule has 6 unspecified atom stereocenters. The second-order valence-electron chi connectivity index (χ2n) is 7.99. The van der Waals surface area contributed by atoms with Crippen molar-refractivity contribution < 1.29 is 0 Å². The van der Waals surface area contributed by atoms with Gasteiger partial charge in [0, 0.05) is 0 Å². The Morgan fingerprint density at radius 1 is 1.22 bits per heavy atom. The summed E-state index contributed by atoms with van der Waals surface area (Å²) in [7, 11) is 0. The van der Waals surface area contributed by atoms with E-state index in [-0.39, 0.29) is 0 Å². The highest BCUT2D eigenvalue weighted by Gasteiger charge is 2.52. The molecule has 23 heavy (non-hydrogen) atoms. The minimum absolute atomic E-state index is 0.774. The summed E-state index contributed by atoms with van der Waals surface area (Å²) in [5, 5.41) is 0. The highest BCUT2D eigenvalue weighted by atomic mass is 14.6. The highest BCUT2D eigenvalue weighted by molar-refractivity contribution is 5.63. The smallest absolute Gasteiger partial charge is 0.0106 e. The fourth-order valence-corrected chi connectivity index (χ4v) is 5.47. The van der Waals surface area contributed by atoms with E-state index in [1.54, 1.807) is 5.57 Å². The number of hydrogen-bond acceptors (Lipinski definition) is 0. The zero-order valence-electron chi connectivity index (χ0n) is 15.4. The van der Waals surface area contributed by atoms with Gasteiger partial charge in [-0.15, -0.1) is 0 Å². The Morgan fingerprint density at radius 3 is 2.52 bits per heavy atom. The third-order valence-electron chi connectivity index (χ3n) is 6.74. The minimum atomic E-state index is 0.774. The van der Waals surface area contributed by atoms with Crippen LogP contribution in [0.5, 0.6) is 0 Å². The summed E-state index contributed by atoms with van der Waals surface area (Å²) >= 11 is 0. The molecule has 0 amide bonds. The lowest BCUT2D eigenvalue weighted by atomic mass is 9.68. The maximum Gasteiger partial charge on any atom is -0.0106 e. The van der Waals surface area contributed by atoms with Gasteiger partial charge in [-0.05, 0) is 66.9 Å². The fraction of sp³-hybridized carbons (Fsp3) is 0.565. The summed E-state index contributed by atoms with van der Waals surface area (Å²) in [5.74, 6) is 5.17. The lowest BCUT2D eigenvalue weighted by molar-refractivity contribution is 0.225. The molecule has 0 nitrogen and oxygen atoms in total. The Labute approximate surface area is 142 Å². The van der Waals surface area contributed by atoms with E-state index < -0.39 is 0 Å². The van der Waals surface area contributed by atoms with E-state index in [0.717, 1.165) is 35.5 Å². The molecule has 0 heterocycles. The average Bonchev–Trinajstić information content (AvgIpc) is 2.80. The van der Waals surface area contributed by atoms with Crippen LogP contribution >= 0.6 is 0 Å². The minimum Gasteiger partial charge on any atom is -0.0813 e. The first-order valence-corrected chi connectivity index (χ1v) is 9.45. The van der Waals surface area contributed by atoms with Crippen molar-refractivity contribution in [2.24, 2.45) is 35.5 Å². The molecule has 1 aromatic rings. The number of rotatable bonds is 5. The highest BCUT2D eigenvalue weighted by Crippen LogP contribution is 2.59. The van der Waals surface area contributed by atoms with Gasteiger partial charge in [0.2, 0.25) is 0 Å². The van der Waals surface area contributed by atoms with Crippen molar-refractivity contribution in [3.8, 4) is 0 Å². The molecule has 6 atom stereocenters. The topological polar surface area (TPSA) is 0 Å². The molecule has 0 aromatic heterocycles. The Hall–Kier alpha value is -1.30. The van der Waals surface area contributed by atoms with Gasteiger partial charge in [-0.3, -0.25) is 0 Å². The van der Waals surface area contributed by atoms with Crippen LogP contribution in [0.25, 0.3) is 5.57 Å². The Balaban J connectivity index is 1.71. The van der Waals surface area contributed by atoms with Crippen molar-refractivity contribution in [1.82, 2.24) is 0 Å². The molecule has 3 rings (SSSR count). The Morgan fingerprint density at radius 2 is 1.91 bits per heavy atom. The third-order valence-corrected chi connectivity index (χ3v) is 6.74. The molecule has 0 spiro atoms. The molecule has 1 saturated carbocycles. The summed E-state index contributed by atoms with van der Waals surface area (Å²) < 4.78 is 0. The maximum absolute atomic E-state index is 2.56. The Bertz CT molecular complexity index is 592. The predicted octanol–water partition coefficient (Wildman–Crippen LogP) is 6.60. The van der Waals surface area contributed by atoms with Crippen LogP contribution in [0.2, 0.25) is 0 Å². The van der Waals surface area contributed by atoms with E-state index in [9.17, 15) is 0 Å². The molecular formula is C23H32. The molecule has 0 bridgehead atoms. The monoisotopic (exact) mass is 308 g/mol. The first-order valence-electron chi connectivity index (χ1n) is 9.45. The third kappa shape index (κ3) is 2.93. The van der Waals surface area contributed by atoms with Crippen molar-refractivity contribution in [3.63, 3.8) is 0 Å². The van der Waals surface area contributed by atoms with Crippen LogP contribution in [-0.4, -0.2) is 0 Å². The van der Waals surface area contributed by atoms with Crippen LogP contribution < -0.4 is 0 Å². The van der Waals surface area contributed by atoms with E-state index in [1.807, 2.05) is 0 Å². The first-order chi connectivity index (χ1) is 11.0. The van der Waals surface area contributed by atoms with Gasteiger partial charge in [0.15, 0.2) is 0 Å². The maximum atomic E-state index is 2.56. The quantitative estimate of drug-likeness (QED) is 0.537. The zero-order chi connectivity index (χ0) is 16.6. The van der Waals surface area contributed by atoms with E-state index in [4.69, 9.17) is 0 Å². The van der Waals surface area contributed by atoms with Crippen LogP contribution in [-0.2, 0) is 0 Å². The van der Waals surface area contributed by atoms with Gasteiger partial charge in [-0.1, -0.05) is 75.2 Å². The van der Waals surface area contributed by atoms with Gasteiger partial charge >= 0.3 is 0 Å². The second-order valence-corrected chi connectivity index (χ2v) is 7.99. The SMILES string of the molecule is CCC1C(C)C(C(C)CC=C(C)c2ccccc2)C2C(C)=CC12. The zero-order valence-corrected chi connectivity index (χ0v) is 15.4. The molecule has 1 fully saturated rings. The standard InChI is InChI=1S/C23H32/c1-6-20-18(5)22(23-17(4)14-21(20)23)16(3)13-12-15(2)19-10-8-7-9-11-19/h7-12,14,16,18,20-23H,6,13H2,1-5H3. The number of allylic oxidation sites excluding steroid dienone is 4. The molecule has 2 aliphatic carbocycles. The van der Waals surface area contributed by atoms with Gasteiger partial charge in [-0.25, -0.2) is 0 Å². The van der Waals surface area contributed by atoms with Gasteiger partial charge in [0.25, 0.3) is 0 Å². The van der Waals surface area contributed by atoms with Crippen molar-refractivity contribution in [2.75, 3.05) is 0 Å². The second kappa shape index (κ2) is 6.67. The van der Waals surface area contributed by atoms with Gasteiger partial charge < -0.3 is 0 Å². The van der Waals surface area contributed by atoms with Crippen molar-refractivity contribution in [1.29, 1.82) is 0 Å². The predicted molar refractivity (Wildman–Crippen MR) is 101 cm³/mol. The van der Waals surface area contributed by atoms with Gasteiger partial charge in [-0.2, -0.15) is 0 Å². The normalized spacial score (nSPS) is 34.6. The molecular weight excluding hydrogens is 276 g/mol. The van der Waals surface area contributed by atoms with Crippen LogP contribution in [0.3, 0.4) is 0 Å². The van der Waals surface area contributed by atoms with Crippen molar-refractivity contribution in [3.05, 3.63) is 53.6 Å². The van der Waals surface area contributed by atoms with E-state index >= 15 is 0 Å². The molecule has 1 aromatic carbocycles. The van der Waals surface area contributed by atoms with E-state index in [2.05, 4.69) is 77.1 Å².